The Bertz CT molecular complexity index is 1040. The predicted molar refractivity (Wildman–Crippen MR) is 118 cm³/mol. The number of carbonyl (C=O) groups is 1. The fourth-order valence-electron chi connectivity index (χ4n) is 4.03. The van der Waals surface area contributed by atoms with Gasteiger partial charge in [-0.1, -0.05) is 24.3 Å². The van der Waals surface area contributed by atoms with Gasteiger partial charge in [-0.25, -0.2) is 4.98 Å². The lowest BCUT2D eigenvalue weighted by atomic mass is 9.94. The van der Waals surface area contributed by atoms with Crippen LogP contribution < -0.4 is 10.2 Å². The average Bonchev–Trinajstić information content (AvgIpc) is 3.34. The van der Waals surface area contributed by atoms with Crippen molar-refractivity contribution < 1.29 is 9.72 Å². The van der Waals surface area contributed by atoms with Crippen LogP contribution in [-0.2, 0) is 4.79 Å². The number of nitro groups is 1. The Hall–Kier alpha value is -3.68. The second-order valence-electron chi connectivity index (χ2n) is 7.80. The molecule has 1 fully saturated rings. The zero-order chi connectivity index (χ0) is 21.8. The molecule has 1 aliphatic rings. The number of amides is 1. The van der Waals surface area contributed by atoms with Gasteiger partial charge < -0.3 is 14.8 Å². The maximum Gasteiger partial charge on any atom is 0.292 e. The zero-order valence-corrected chi connectivity index (χ0v) is 17.3. The molecule has 0 spiro atoms. The van der Waals surface area contributed by atoms with E-state index in [4.69, 9.17) is 0 Å². The standard InChI is InChI=1S/C23H25N5O3/c1-17(18-6-8-20(9-7-18)27-15-12-24-16-27)25-23(29)19-10-13-26(14-11-19)21-4-2-3-5-22(21)28(30)31/h2-9,12,15-17,19H,10-11,13-14H2,1H3,(H,25,29)/t17-/m1/s1. The Morgan fingerprint density at radius 3 is 2.52 bits per heavy atom. The summed E-state index contributed by atoms with van der Waals surface area (Å²) in [6.45, 7) is 3.22. The highest BCUT2D eigenvalue weighted by Crippen LogP contribution is 2.31. The van der Waals surface area contributed by atoms with Crippen LogP contribution in [0.4, 0.5) is 11.4 Å². The Balaban J connectivity index is 1.33. The molecule has 1 aromatic heterocycles. The van der Waals surface area contributed by atoms with Crippen molar-refractivity contribution in [1.82, 2.24) is 14.9 Å². The van der Waals surface area contributed by atoms with Crippen LogP contribution in [0, 0.1) is 16.0 Å². The van der Waals surface area contributed by atoms with Crippen LogP contribution in [0.25, 0.3) is 5.69 Å². The lowest BCUT2D eigenvalue weighted by Crippen LogP contribution is -2.41. The van der Waals surface area contributed by atoms with E-state index in [0.717, 1.165) is 11.3 Å². The summed E-state index contributed by atoms with van der Waals surface area (Å²) in [4.78, 5) is 29.8. The highest BCUT2D eigenvalue weighted by atomic mass is 16.6. The van der Waals surface area contributed by atoms with Crippen LogP contribution >= 0.6 is 0 Å². The van der Waals surface area contributed by atoms with Crippen molar-refractivity contribution in [2.75, 3.05) is 18.0 Å². The van der Waals surface area contributed by atoms with E-state index in [0.29, 0.717) is 31.6 Å². The van der Waals surface area contributed by atoms with Crippen LogP contribution in [0.5, 0.6) is 0 Å². The van der Waals surface area contributed by atoms with Crippen LogP contribution in [0.1, 0.15) is 31.4 Å². The van der Waals surface area contributed by atoms with E-state index in [1.165, 1.54) is 6.07 Å². The summed E-state index contributed by atoms with van der Waals surface area (Å²) in [5.41, 5.74) is 2.78. The lowest BCUT2D eigenvalue weighted by Gasteiger charge is -2.33. The normalized spacial score (nSPS) is 15.5. The van der Waals surface area contributed by atoms with Crippen LogP contribution in [-0.4, -0.2) is 33.5 Å². The van der Waals surface area contributed by atoms with E-state index in [2.05, 4.69) is 10.3 Å². The molecule has 0 bridgehead atoms. The Labute approximate surface area is 180 Å². The number of aromatic nitrogens is 2. The molecule has 8 nitrogen and oxygen atoms in total. The van der Waals surface area contributed by atoms with Crippen LogP contribution in [0.3, 0.4) is 0 Å². The molecule has 0 unspecified atom stereocenters. The first kappa shape index (κ1) is 20.6. The molecule has 0 saturated carbocycles. The number of rotatable bonds is 6. The third-order valence-corrected chi connectivity index (χ3v) is 5.84. The number of carbonyl (C=O) groups excluding carboxylic acids is 1. The molecular weight excluding hydrogens is 394 g/mol. The number of imidazole rings is 1. The van der Waals surface area contributed by atoms with Crippen molar-refractivity contribution in [3.05, 3.63) is 82.9 Å². The molecule has 1 N–H and O–H groups in total. The number of benzene rings is 2. The molecule has 0 aliphatic carbocycles. The van der Waals surface area contributed by atoms with Crippen LogP contribution in [0.15, 0.2) is 67.3 Å². The molecule has 0 radical (unpaired) electrons. The molecule has 1 atom stereocenters. The quantitative estimate of drug-likeness (QED) is 0.483. The van der Waals surface area contributed by atoms with Gasteiger partial charge in [0.15, 0.2) is 0 Å². The van der Waals surface area contributed by atoms with Gasteiger partial charge in [-0.2, -0.15) is 0 Å². The summed E-state index contributed by atoms with van der Waals surface area (Å²) >= 11 is 0. The van der Waals surface area contributed by atoms with Gasteiger partial charge in [0.2, 0.25) is 5.91 Å². The number of para-hydroxylation sites is 2. The minimum absolute atomic E-state index is 0.0356. The number of hydrogen-bond acceptors (Lipinski definition) is 5. The van der Waals surface area contributed by atoms with Gasteiger partial charge in [0.25, 0.3) is 5.69 Å². The highest BCUT2D eigenvalue weighted by molar-refractivity contribution is 5.79. The summed E-state index contributed by atoms with van der Waals surface area (Å²) in [7, 11) is 0. The first-order valence-electron chi connectivity index (χ1n) is 10.4. The van der Waals surface area contributed by atoms with Crippen molar-refractivity contribution in [2.24, 2.45) is 5.92 Å². The zero-order valence-electron chi connectivity index (χ0n) is 17.3. The molecule has 8 heteroatoms. The largest absolute Gasteiger partial charge is 0.366 e. The maximum atomic E-state index is 12.8. The number of anilines is 1. The van der Waals surface area contributed by atoms with Gasteiger partial charge in [0.1, 0.15) is 5.69 Å². The van der Waals surface area contributed by atoms with E-state index in [9.17, 15) is 14.9 Å². The molecular formula is C23H25N5O3. The molecule has 2 heterocycles. The third-order valence-electron chi connectivity index (χ3n) is 5.84. The second kappa shape index (κ2) is 8.99. The van der Waals surface area contributed by atoms with Gasteiger partial charge in [-0.3, -0.25) is 14.9 Å². The van der Waals surface area contributed by atoms with Gasteiger partial charge in [0, 0.05) is 43.2 Å². The minimum atomic E-state index is -0.353. The highest BCUT2D eigenvalue weighted by Gasteiger charge is 2.28. The number of nitrogens with one attached hydrogen (secondary N) is 1. The molecule has 31 heavy (non-hydrogen) atoms. The number of piperidine rings is 1. The van der Waals surface area contributed by atoms with Gasteiger partial charge in [-0.15, -0.1) is 0 Å². The third kappa shape index (κ3) is 4.58. The van der Waals surface area contributed by atoms with Gasteiger partial charge >= 0.3 is 0 Å². The summed E-state index contributed by atoms with van der Waals surface area (Å²) in [5, 5.41) is 14.4. The van der Waals surface area contributed by atoms with Crippen molar-refractivity contribution in [3.8, 4) is 5.69 Å². The molecule has 4 rings (SSSR count). The van der Waals surface area contributed by atoms with E-state index < -0.39 is 0 Å². The van der Waals surface area contributed by atoms with Crippen molar-refractivity contribution >= 4 is 17.3 Å². The molecule has 1 amide bonds. The summed E-state index contributed by atoms with van der Waals surface area (Å²) < 4.78 is 1.93. The minimum Gasteiger partial charge on any atom is -0.366 e. The molecule has 1 aliphatic heterocycles. The smallest absolute Gasteiger partial charge is 0.292 e. The van der Waals surface area contributed by atoms with E-state index >= 15 is 0 Å². The number of nitro benzene ring substituents is 1. The monoisotopic (exact) mass is 419 g/mol. The average molecular weight is 419 g/mol. The Kier molecular flexibility index (Phi) is 5.97. The van der Waals surface area contributed by atoms with Crippen molar-refractivity contribution in [1.29, 1.82) is 0 Å². The molecule has 3 aromatic rings. The summed E-state index contributed by atoms with van der Waals surface area (Å²) in [5.74, 6) is -0.0555. The van der Waals surface area contributed by atoms with Crippen molar-refractivity contribution in [2.45, 2.75) is 25.8 Å². The molecule has 160 valence electrons. The fourth-order valence-corrected chi connectivity index (χ4v) is 4.03. The SMILES string of the molecule is C[C@@H](NC(=O)C1CCN(c2ccccc2[N+](=O)[O-])CC1)c1ccc(-n2ccnc2)cc1. The fraction of sp³-hybridized carbons (Fsp3) is 0.304. The van der Waals surface area contributed by atoms with Crippen molar-refractivity contribution in [3.63, 3.8) is 0 Å². The van der Waals surface area contributed by atoms with Crippen LogP contribution in [0.2, 0.25) is 0 Å². The first-order valence-corrected chi connectivity index (χ1v) is 10.4. The number of nitrogens with zero attached hydrogens (tertiary/aromatic N) is 4. The summed E-state index contributed by atoms with van der Waals surface area (Å²) in [6, 6.07) is 14.7. The topological polar surface area (TPSA) is 93.3 Å². The second-order valence-corrected chi connectivity index (χ2v) is 7.80. The predicted octanol–water partition coefficient (Wildman–Crippen LogP) is 3.87. The Morgan fingerprint density at radius 2 is 1.87 bits per heavy atom. The molecule has 2 aromatic carbocycles. The summed E-state index contributed by atoms with van der Waals surface area (Å²) in [6.07, 6.45) is 6.71. The van der Waals surface area contributed by atoms with E-state index in [1.807, 2.05) is 46.9 Å². The van der Waals surface area contributed by atoms with Gasteiger partial charge in [-0.05, 0) is 43.5 Å². The van der Waals surface area contributed by atoms with E-state index in [-0.39, 0.29) is 28.5 Å². The number of hydrogen-bond donors (Lipinski definition) is 1. The maximum absolute atomic E-state index is 12.8. The first-order chi connectivity index (χ1) is 15.0. The molecule has 1 saturated heterocycles. The lowest BCUT2D eigenvalue weighted by molar-refractivity contribution is -0.384. The van der Waals surface area contributed by atoms with Gasteiger partial charge in [0.05, 0.1) is 17.3 Å². The van der Waals surface area contributed by atoms with E-state index in [1.54, 1.807) is 30.7 Å². The Morgan fingerprint density at radius 1 is 1.16 bits per heavy atom.